The first kappa shape index (κ1) is 15.1. The van der Waals surface area contributed by atoms with Crippen LogP contribution in [-0.2, 0) is 11.3 Å². The minimum Gasteiger partial charge on any atom is -0.351 e. The number of hydrogen-bond acceptors (Lipinski definition) is 2. The molecule has 3 N–H and O–H groups in total. The third-order valence-electron chi connectivity index (χ3n) is 3.02. The first-order valence-electron chi connectivity index (χ1n) is 5.93. The molecule has 3 nitrogen and oxygen atoms in total. The Balaban J connectivity index is 2.60. The van der Waals surface area contributed by atoms with Gasteiger partial charge in [-0.1, -0.05) is 36.2 Å². The van der Waals surface area contributed by atoms with E-state index in [2.05, 4.69) is 21.2 Å². The second-order valence-electron chi connectivity index (χ2n) is 4.36. The van der Waals surface area contributed by atoms with Crippen LogP contribution in [0.3, 0.4) is 0 Å². The van der Waals surface area contributed by atoms with E-state index in [-0.39, 0.29) is 24.2 Å². The molecule has 1 rings (SSSR count). The molecule has 0 spiro atoms. The molecule has 0 saturated carbocycles. The predicted molar refractivity (Wildman–Crippen MR) is 73.4 cm³/mol. The van der Waals surface area contributed by atoms with E-state index in [1.165, 1.54) is 6.07 Å². The van der Waals surface area contributed by atoms with Crippen LogP contribution in [0, 0.1) is 11.7 Å². The van der Waals surface area contributed by atoms with Gasteiger partial charge in [0.2, 0.25) is 5.91 Å². The van der Waals surface area contributed by atoms with Gasteiger partial charge < -0.3 is 11.1 Å². The van der Waals surface area contributed by atoms with E-state index in [1.807, 2.05) is 13.8 Å². The maximum Gasteiger partial charge on any atom is 0.237 e. The van der Waals surface area contributed by atoms with E-state index in [9.17, 15) is 9.18 Å². The Hall–Kier alpha value is -0.940. The number of carbonyl (C=O) groups excluding carboxylic acids is 1. The number of hydrogen-bond donors (Lipinski definition) is 2. The second-order valence-corrected chi connectivity index (χ2v) is 5.28. The van der Waals surface area contributed by atoms with Gasteiger partial charge in [0.05, 0.1) is 6.04 Å². The second kappa shape index (κ2) is 6.85. The highest BCUT2D eigenvalue weighted by Gasteiger charge is 2.19. The normalized spacial score (nSPS) is 14.1. The zero-order chi connectivity index (χ0) is 13.7. The fourth-order valence-corrected chi connectivity index (χ4v) is 1.90. The molecular formula is C13H18BrFN2O. The van der Waals surface area contributed by atoms with E-state index in [0.717, 1.165) is 10.9 Å². The van der Waals surface area contributed by atoms with Crippen molar-refractivity contribution in [3.63, 3.8) is 0 Å². The molecule has 1 amide bonds. The molecule has 0 fully saturated rings. The number of rotatable bonds is 5. The van der Waals surface area contributed by atoms with Crippen LogP contribution in [0.1, 0.15) is 25.8 Å². The molecule has 0 aliphatic rings. The lowest BCUT2D eigenvalue weighted by Gasteiger charge is -2.17. The first-order chi connectivity index (χ1) is 8.45. The smallest absolute Gasteiger partial charge is 0.237 e. The Morgan fingerprint density at radius 3 is 2.83 bits per heavy atom. The highest BCUT2D eigenvalue weighted by atomic mass is 79.9. The Morgan fingerprint density at radius 1 is 1.56 bits per heavy atom. The average molecular weight is 317 g/mol. The van der Waals surface area contributed by atoms with Crippen molar-refractivity contribution in [2.75, 3.05) is 0 Å². The van der Waals surface area contributed by atoms with Gasteiger partial charge >= 0.3 is 0 Å². The average Bonchev–Trinajstić information content (AvgIpc) is 2.37. The summed E-state index contributed by atoms with van der Waals surface area (Å²) in [5.74, 6) is -0.475. The van der Waals surface area contributed by atoms with Crippen LogP contribution >= 0.6 is 15.9 Å². The minimum atomic E-state index is -0.551. The van der Waals surface area contributed by atoms with Crippen LogP contribution in [0.4, 0.5) is 4.39 Å². The van der Waals surface area contributed by atoms with Crippen molar-refractivity contribution >= 4 is 21.8 Å². The Kier molecular flexibility index (Phi) is 5.75. The van der Waals surface area contributed by atoms with Gasteiger partial charge in [-0.15, -0.1) is 0 Å². The van der Waals surface area contributed by atoms with E-state index in [0.29, 0.717) is 5.56 Å². The van der Waals surface area contributed by atoms with Gasteiger partial charge in [0, 0.05) is 16.6 Å². The van der Waals surface area contributed by atoms with Crippen molar-refractivity contribution in [2.24, 2.45) is 11.7 Å². The van der Waals surface area contributed by atoms with Crippen LogP contribution in [0.2, 0.25) is 0 Å². The van der Waals surface area contributed by atoms with Crippen LogP contribution in [0.25, 0.3) is 0 Å². The van der Waals surface area contributed by atoms with Gasteiger partial charge in [-0.05, 0) is 24.1 Å². The van der Waals surface area contributed by atoms with Gasteiger partial charge in [0.1, 0.15) is 5.82 Å². The maximum atomic E-state index is 13.4. The maximum absolute atomic E-state index is 13.4. The van der Waals surface area contributed by atoms with Crippen LogP contribution in [-0.4, -0.2) is 11.9 Å². The van der Waals surface area contributed by atoms with Gasteiger partial charge in [0.25, 0.3) is 0 Å². The SMILES string of the molecule is CCC(C)[C@H](N)C(=O)NCc1cc(Br)ccc1F. The third-order valence-corrected chi connectivity index (χ3v) is 3.51. The lowest BCUT2D eigenvalue weighted by atomic mass is 9.99. The summed E-state index contributed by atoms with van der Waals surface area (Å²) in [6.07, 6.45) is 0.833. The molecule has 0 aliphatic heterocycles. The van der Waals surface area contributed by atoms with E-state index < -0.39 is 6.04 Å². The molecule has 5 heteroatoms. The molecule has 0 bridgehead atoms. The van der Waals surface area contributed by atoms with Gasteiger partial charge in [-0.2, -0.15) is 0 Å². The number of benzene rings is 1. The summed E-state index contributed by atoms with van der Waals surface area (Å²) in [4.78, 5) is 11.7. The molecule has 0 heterocycles. The molecule has 100 valence electrons. The van der Waals surface area contributed by atoms with Crippen molar-refractivity contribution in [2.45, 2.75) is 32.9 Å². The van der Waals surface area contributed by atoms with Crippen LogP contribution in [0.15, 0.2) is 22.7 Å². The van der Waals surface area contributed by atoms with Crippen LogP contribution < -0.4 is 11.1 Å². The highest BCUT2D eigenvalue weighted by molar-refractivity contribution is 9.10. The highest BCUT2D eigenvalue weighted by Crippen LogP contribution is 2.15. The number of nitrogens with one attached hydrogen (secondary N) is 1. The Bertz CT molecular complexity index is 425. The molecule has 0 aliphatic carbocycles. The van der Waals surface area contributed by atoms with Crippen LogP contribution in [0.5, 0.6) is 0 Å². The number of nitrogens with two attached hydrogens (primary N) is 1. The number of amides is 1. The molecule has 0 saturated heterocycles. The largest absolute Gasteiger partial charge is 0.351 e. The van der Waals surface area contributed by atoms with Crippen molar-refractivity contribution in [3.05, 3.63) is 34.1 Å². The van der Waals surface area contributed by atoms with Crippen molar-refractivity contribution in [1.29, 1.82) is 0 Å². The molecule has 1 unspecified atom stereocenters. The summed E-state index contributed by atoms with van der Waals surface area (Å²) >= 11 is 3.26. The van der Waals surface area contributed by atoms with Gasteiger partial charge in [-0.25, -0.2) is 4.39 Å². The van der Waals surface area contributed by atoms with Gasteiger partial charge in [0.15, 0.2) is 0 Å². The topological polar surface area (TPSA) is 55.1 Å². The zero-order valence-electron chi connectivity index (χ0n) is 10.5. The monoisotopic (exact) mass is 316 g/mol. The molecule has 18 heavy (non-hydrogen) atoms. The molecule has 1 aromatic rings. The molecule has 0 aromatic heterocycles. The summed E-state index contributed by atoms with van der Waals surface area (Å²) < 4.78 is 14.2. The lowest BCUT2D eigenvalue weighted by molar-refractivity contribution is -0.123. The molecule has 1 aromatic carbocycles. The van der Waals surface area contributed by atoms with Crippen molar-refractivity contribution in [1.82, 2.24) is 5.32 Å². The number of halogens is 2. The third kappa shape index (κ3) is 4.07. The fourth-order valence-electron chi connectivity index (χ4n) is 1.49. The van der Waals surface area contributed by atoms with E-state index in [1.54, 1.807) is 12.1 Å². The van der Waals surface area contributed by atoms with E-state index in [4.69, 9.17) is 5.73 Å². The van der Waals surface area contributed by atoms with Crippen molar-refractivity contribution < 1.29 is 9.18 Å². The minimum absolute atomic E-state index is 0.109. The van der Waals surface area contributed by atoms with Crippen molar-refractivity contribution in [3.8, 4) is 0 Å². The molecular weight excluding hydrogens is 299 g/mol. The quantitative estimate of drug-likeness (QED) is 0.877. The molecule has 2 atom stereocenters. The summed E-state index contributed by atoms with van der Waals surface area (Å²) in [5.41, 5.74) is 6.23. The van der Waals surface area contributed by atoms with E-state index >= 15 is 0 Å². The Labute approximate surface area is 115 Å². The Morgan fingerprint density at radius 2 is 2.22 bits per heavy atom. The summed E-state index contributed by atoms with van der Waals surface area (Å²) in [6.45, 7) is 4.05. The lowest BCUT2D eigenvalue weighted by Crippen LogP contribution is -2.44. The first-order valence-corrected chi connectivity index (χ1v) is 6.72. The fraction of sp³-hybridized carbons (Fsp3) is 0.462. The summed E-state index contributed by atoms with van der Waals surface area (Å²) in [5, 5.41) is 2.66. The molecule has 0 radical (unpaired) electrons. The van der Waals surface area contributed by atoms with Gasteiger partial charge in [-0.3, -0.25) is 4.79 Å². The standard InChI is InChI=1S/C13H18BrFN2O/c1-3-8(2)12(16)13(18)17-7-9-6-10(14)4-5-11(9)15/h4-6,8,12H,3,7,16H2,1-2H3,(H,17,18)/t8?,12-/m0/s1. The zero-order valence-corrected chi connectivity index (χ0v) is 12.1. The predicted octanol–water partition coefficient (Wildman–Crippen LogP) is 2.58. The summed E-state index contributed by atoms with van der Waals surface area (Å²) in [6, 6.07) is 4.07. The summed E-state index contributed by atoms with van der Waals surface area (Å²) in [7, 11) is 0. The number of carbonyl (C=O) groups is 1.